The van der Waals surface area contributed by atoms with E-state index < -0.39 is 11.5 Å². The Hall–Kier alpha value is -2.45. The van der Waals surface area contributed by atoms with Gasteiger partial charge in [-0.3, -0.25) is 19.1 Å². The van der Waals surface area contributed by atoms with Crippen LogP contribution in [-0.4, -0.2) is 63.9 Å². The molecule has 8 nitrogen and oxygen atoms in total. The van der Waals surface area contributed by atoms with Crippen molar-refractivity contribution in [2.75, 3.05) is 32.8 Å². The number of fused-ring (bicyclic) bond motifs is 1. The molecule has 0 aromatic carbocycles. The number of aromatic nitrogens is 2. The van der Waals surface area contributed by atoms with Gasteiger partial charge in [-0.2, -0.15) is 0 Å². The summed E-state index contributed by atoms with van der Waals surface area (Å²) in [5, 5.41) is 14.7. The van der Waals surface area contributed by atoms with E-state index >= 15 is 0 Å². The number of amides is 1. The molecule has 7 rings (SSSR count). The van der Waals surface area contributed by atoms with E-state index in [-0.39, 0.29) is 16.9 Å². The van der Waals surface area contributed by atoms with Crippen LogP contribution in [0.1, 0.15) is 60.4 Å². The first-order valence-electron chi connectivity index (χ1n) is 11.9. The van der Waals surface area contributed by atoms with E-state index in [1.54, 1.807) is 4.57 Å². The maximum absolute atomic E-state index is 13.5. The molecule has 2 N–H and O–H groups in total. The fourth-order valence-electron chi connectivity index (χ4n) is 5.71. The normalized spacial score (nSPS) is 27.4. The summed E-state index contributed by atoms with van der Waals surface area (Å²) in [4.78, 5) is 33.5. The van der Waals surface area contributed by atoms with Crippen molar-refractivity contribution >= 4 is 16.9 Å². The molecular weight excluding hydrogens is 408 g/mol. The second kappa shape index (κ2) is 7.56. The third-order valence-electron chi connectivity index (χ3n) is 8.06. The topological polar surface area (TPSA) is 96.7 Å². The van der Waals surface area contributed by atoms with Gasteiger partial charge in [0, 0.05) is 37.9 Å². The van der Waals surface area contributed by atoms with Crippen molar-refractivity contribution in [2.45, 2.75) is 56.5 Å². The van der Waals surface area contributed by atoms with Crippen LogP contribution in [0.15, 0.2) is 17.1 Å². The number of carbonyl (C=O) groups is 1. The molecule has 32 heavy (non-hydrogen) atoms. The molecule has 2 aromatic heterocycles. The van der Waals surface area contributed by atoms with Crippen LogP contribution in [0.4, 0.5) is 0 Å². The van der Waals surface area contributed by atoms with Crippen molar-refractivity contribution in [1.82, 2.24) is 19.8 Å². The molecule has 0 atom stereocenters. The maximum Gasteiger partial charge on any atom is 0.268 e. The Morgan fingerprint density at radius 1 is 1.22 bits per heavy atom. The van der Waals surface area contributed by atoms with Crippen LogP contribution in [-0.2, 0) is 11.3 Å². The molecule has 5 aliphatic rings. The molecule has 2 aromatic rings. The molecule has 170 valence electrons. The number of carbonyl (C=O) groups excluding carboxylic acids is 1. The predicted octanol–water partition coefficient (Wildman–Crippen LogP) is 1.98. The quantitative estimate of drug-likeness (QED) is 0.716. The van der Waals surface area contributed by atoms with Crippen molar-refractivity contribution < 1.29 is 14.6 Å². The largest absolute Gasteiger partial charge is 0.506 e. The molecule has 3 heterocycles. The Bertz CT molecular complexity index is 1120. The van der Waals surface area contributed by atoms with Crippen molar-refractivity contribution in [3.05, 3.63) is 33.7 Å². The minimum absolute atomic E-state index is 0.142. The summed E-state index contributed by atoms with van der Waals surface area (Å²) >= 11 is 0. The van der Waals surface area contributed by atoms with Gasteiger partial charge in [-0.25, -0.2) is 4.98 Å². The number of rotatable bonds is 6. The number of ether oxygens (including phenoxy) is 1. The lowest BCUT2D eigenvalue weighted by atomic mass is 9.50. The number of hydrogen-bond acceptors (Lipinski definition) is 6. The fourth-order valence-corrected chi connectivity index (χ4v) is 5.71. The Balaban J connectivity index is 1.39. The minimum atomic E-state index is -0.462. The third-order valence-corrected chi connectivity index (χ3v) is 8.06. The van der Waals surface area contributed by atoms with Gasteiger partial charge in [-0.15, -0.1) is 0 Å². The minimum Gasteiger partial charge on any atom is -0.506 e. The number of morpholine rings is 1. The highest BCUT2D eigenvalue weighted by molar-refractivity contribution is 6.02. The molecule has 4 aliphatic carbocycles. The van der Waals surface area contributed by atoms with Crippen LogP contribution in [0.3, 0.4) is 0 Å². The highest BCUT2D eigenvalue weighted by Gasteiger charge is 2.57. The monoisotopic (exact) mass is 438 g/mol. The summed E-state index contributed by atoms with van der Waals surface area (Å²) in [6, 6.07) is 1.93. The first-order valence-corrected chi connectivity index (χ1v) is 11.9. The van der Waals surface area contributed by atoms with Crippen molar-refractivity contribution in [3.8, 4) is 5.75 Å². The smallest absolute Gasteiger partial charge is 0.268 e. The molecule has 8 heteroatoms. The molecule has 0 spiro atoms. The van der Waals surface area contributed by atoms with Crippen LogP contribution in [0.2, 0.25) is 0 Å². The second-order valence-electron chi connectivity index (χ2n) is 10.1. The van der Waals surface area contributed by atoms with Gasteiger partial charge in [0.1, 0.15) is 17.0 Å². The molecule has 1 amide bonds. The molecule has 0 radical (unpaired) electrons. The van der Waals surface area contributed by atoms with Crippen LogP contribution in [0, 0.1) is 5.92 Å². The summed E-state index contributed by atoms with van der Waals surface area (Å²) in [7, 11) is 0. The van der Waals surface area contributed by atoms with Crippen LogP contribution >= 0.6 is 0 Å². The first kappa shape index (κ1) is 20.2. The number of pyridine rings is 2. The SMILES string of the molecule is O=C(NC12CC(C1)C2)c1c(O)c2cc(C3CCC3)cnc2n(CCN2CCOCC2)c1=O. The fraction of sp³-hybridized carbons (Fsp3) is 0.625. The van der Waals surface area contributed by atoms with Gasteiger partial charge in [0.05, 0.1) is 18.6 Å². The standard InChI is InChI=1S/C24H30N4O4/c29-20-18-10-17(16-2-1-3-16)14-25-21(18)28(5-4-27-6-8-32-9-7-27)23(31)19(20)22(30)26-24-11-15(12-24)13-24/h10,14-16,29H,1-9,11-13H2,(H,26,30). The lowest BCUT2D eigenvalue weighted by Crippen LogP contribution is -2.68. The van der Waals surface area contributed by atoms with E-state index in [0.717, 1.165) is 50.8 Å². The lowest BCUT2D eigenvalue weighted by Gasteiger charge is -2.61. The Kier molecular flexibility index (Phi) is 4.76. The van der Waals surface area contributed by atoms with Gasteiger partial charge in [0.25, 0.3) is 11.5 Å². The average Bonchev–Trinajstić information content (AvgIpc) is 2.69. The van der Waals surface area contributed by atoms with Gasteiger partial charge >= 0.3 is 0 Å². The highest BCUT2D eigenvalue weighted by atomic mass is 16.5. The van der Waals surface area contributed by atoms with Crippen molar-refractivity contribution in [3.63, 3.8) is 0 Å². The summed E-state index contributed by atoms with van der Waals surface area (Å²) in [6.07, 6.45) is 8.19. The Labute approximate surface area is 186 Å². The van der Waals surface area contributed by atoms with Gasteiger partial charge in [-0.05, 0) is 55.6 Å². The number of hydrogen-bond donors (Lipinski definition) is 2. The van der Waals surface area contributed by atoms with Gasteiger partial charge in [0.2, 0.25) is 0 Å². The molecule has 1 saturated heterocycles. The highest BCUT2D eigenvalue weighted by Crippen LogP contribution is 2.57. The van der Waals surface area contributed by atoms with Gasteiger partial charge < -0.3 is 15.2 Å². The van der Waals surface area contributed by atoms with Gasteiger partial charge in [-0.1, -0.05) is 6.42 Å². The van der Waals surface area contributed by atoms with Crippen LogP contribution < -0.4 is 10.9 Å². The summed E-state index contributed by atoms with van der Waals surface area (Å²) in [5.74, 6) is 0.463. The molecule has 5 fully saturated rings. The van der Waals surface area contributed by atoms with E-state index in [9.17, 15) is 14.7 Å². The van der Waals surface area contributed by atoms with E-state index in [4.69, 9.17) is 4.74 Å². The van der Waals surface area contributed by atoms with Crippen LogP contribution in [0.25, 0.3) is 11.0 Å². The molecule has 0 unspecified atom stereocenters. The third kappa shape index (κ3) is 3.23. The van der Waals surface area contributed by atoms with E-state index in [0.29, 0.717) is 49.2 Å². The predicted molar refractivity (Wildman–Crippen MR) is 119 cm³/mol. The number of aromatic hydroxyl groups is 1. The maximum atomic E-state index is 13.5. The van der Waals surface area contributed by atoms with Gasteiger partial charge in [0.15, 0.2) is 0 Å². The summed E-state index contributed by atoms with van der Waals surface area (Å²) in [5.41, 5.74) is 0.752. The van der Waals surface area contributed by atoms with E-state index in [1.165, 1.54) is 6.42 Å². The van der Waals surface area contributed by atoms with E-state index in [2.05, 4.69) is 15.2 Å². The van der Waals surface area contributed by atoms with Crippen molar-refractivity contribution in [2.24, 2.45) is 5.92 Å². The first-order chi connectivity index (χ1) is 15.5. The summed E-state index contributed by atoms with van der Waals surface area (Å²) < 4.78 is 7.00. The van der Waals surface area contributed by atoms with Crippen molar-refractivity contribution in [1.29, 1.82) is 0 Å². The van der Waals surface area contributed by atoms with E-state index in [1.807, 2.05) is 12.3 Å². The zero-order valence-electron chi connectivity index (χ0n) is 18.3. The number of nitrogens with one attached hydrogen (secondary N) is 1. The zero-order chi connectivity index (χ0) is 21.9. The average molecular weight is 439 g/mol. The zero-order valence-corrected chi connectivity index (χ0v) is 18.3. The second-order valence-corrected chi connectivity index (χ2v) is 10.1. The molecule has 4 saturated carbocycles. The van der Waals surface area contributed by atoms with Crippen LogP contribution in [0.5, 0.6) is 5.75 Å². The molecular formula is C24H30N4O4. The lowest BCUT2D eigenvalue weighted by molar-refractivity contribution is -0.0439. The Morgan fingerprint density at radius 3 is 2.59 bits per heavy atom. The molecule has 1 aliphatic heterocycles. The number of nitrogens with zero attached hydrogens (tertiary/aromatic N) is 3. The Morgan fingerprint density at radius 2 is 1.97 bits per heavy atom. The molecule has 2 bridgehead atoms. The summed E-state index contributed by atoms with van der Waals surface area (Å²) in [6.45, 7) is 4.10.